The van der Waals surface area contributed by atoms with Crippen molar-refractivity contribution in [1.29, 1.82) is 0 Å². The van der Waals surface area contributed by atoms with Crippen LogP contribution in [0.15, 0.2) is 29.4 Å². The zero-order chi connectivity index (χ0) is 15.1. The van der Waals surface area contributed by atoms with Crippen molar-refractivity contribution in [3.05, 3.63) is 29.8 Å². The molecule has 0 heterocycles. The first-order valence-corrected chi connectivity index (χ1v) is 6.01. The minimum Gasteiger partial charge on any atom is -0.484 e. The number of carbonyl (C=O) groups is 1. The Morgan fingerprint density at radius 3 is 2.40 bits per heavy atom. The number of nitrogens with one attached hydrogen (secondary N) is 1. The second-order valence-electron chi connectivity index (χ2n) is 4.37. The van der Waals surface area contributed by atoms with Gasteiger partial charge in [-0.05, 0) is 36.8 Å². The monoisotopic (exact) mass is 278 g/mol. The summed E-state index contributed by atoms with van der Waals surface area (Å²) >= 11 is 0. The number of benzene rings is 1. The van der Waals surface area contributed by atoms with E-state index in [0.29, 0.717) is 5.75 Å². The molecule has 1 aromatic rings. The molecule has 7 heteroatoms. The Hall–Kier alpha value is -2.57. The second kappa shape index (κ2) is 7.13. The molecule has 0 aliphatic rings. The van der Waals surface area contributed by atoms with Crippen molar-refractivity contribution >= 4 is 17.6 Å². The molecule has 0 bridgehead atoms. The van der Waals surface area contributed by atoms with E-state index in [0.717, 1.165) is 11.3 Å². The highest BCUT2D eigenvalue weighted by Crippen LogP contribution is 2.12. The van der Waals surface area contributed by atoms with Gasteiger partial charge in [0.2, 0.25) is 0 Å². The fourth-order valence-electron chi connectivity index (χ4n) is 1.28. The summed E-state index contributed by atoms with van der Waals surface area (Å²) in [5, 5.41) is 6.49. The zero-order valence-corrected chi connectivity index (χ0v) is 11.9. The zero-order valence-electron chi connectivity index (χ0n) is 11.9. The first kappa shape index (κ1) is 15.5. The number of carbonyl (C=O) groups excluding carboxylic acids is 1. The van der Waals surface area contributed by atoms with E-state index in [1.807, 2.05) is 19.1 Å². The van der Waals surface area contributed by atoms with Crippen LogP contribution in [-0.2, 0) is 4.79 Å². The molecule has 0 aliphatic carbocycles. The summed E-state index contributed by atoms with van der Waals surface area (Å²) < 4.78 is 5.37. The SMILES string of the molecule is C/C(=N/[NH+]=C(N)N)c1ccc(OCC(=O)N(C)C)cc1. The predicted octanol–water partition coefficient (Wildman–Crippen LogP) is -1.77. The summed E-state index contributed by atoms with van der Waals surface area (Å²) in [6.07, 6.45) is 0. The first-order valence-electron chi connectivity index (χ1n) is 6.01. The Kier molecular flexibility index (Phi) is 5.52. The molecule has 1 aromatic carbocycles. The minimum absolute atomic E-state index is 0.0135. The molecule has 0 atom stereocenters. The van der Waals surface area contributed by atoms with E-state index in [4.69, 9.17) is 16.2 Å². The van der Waals surface area contributed by atoms with Crippen LogP contribution in [0.4, 0.5) is 0 Å². The lowest BCUT2D eigenvalue weighted by Crippen LogP contribution is -2.72. The maximum absolute atomic E-state index is 11.4. The van der Waals surface area contributed by atoms with Gasteiger partial charge in [-0.15, -0.1) is 5.10 Å². The quantitative estimate of drug-likeness (QED) is 0.336. The standard InChI is InChI=1S/C13H19N5O2/c1-9(16-17-13(14)15)10-4-6-11(7-5-10)20-8-12(19)18(2)3/h4-7H,8H2,1-3H3,(H4,14,15,17)/p+1/b16-9-. The number of nitrogens with zero attached hydrogens (tertiary/aromatic N) is 2. The van der Waals surface area contributed by atoms with Crippen LogP contribution >= 0.6 is 0 Å². The molecule has 0 unspecified atom stereocenters. The Morgan fingerprint density at radius 1 is 1.30 bits per heavy atom. The van der Waals surface area contributed by atoms with Gasteiger partial charge in [-0.2, -0.15) is 5.10 Å². The van der Waals surface area contributed by atoms with Gasteiger partial charge in [0, 0.05) is 14.1 Å². The third-order valence-corrected chi connectivity index (χ3v) is 2.49. The van der Waals surface area contributed by atoms with E-state index in [2.05, 4.69) is 10.2 Å². The third-order valence-electron chi connectivity index (χ3n) is 2.49. The number of hydrazone groups is 1. The van der Waals surface area contributed by atoms with Crippen molar-refractivity contribution in [2.45, 2.75) is 6.92 Å². The Labute approximate surface area is 117 Å². The number of amides is 1. The van der Waals surface area contributed by atoms with Crippen molar-refractivity contribution in [3.8, 4) is 5.75 Å². The number of hydrogen-bond donors (Lipinski definition) is 3. The fraction of sp³-hybridized carbons (Fsp3) is 0.308. The average Bonchev–Trinajstić information content (AvgIpc) is 2.42. The van der Waals surface area contributed by atoms with E-state index in [1.165, 1.54) is 4.90 Å². The molecular weight excluding hydrogens is 258 g/mol. The maximum atomic E-state index is 11.4. The number of nitrogens with two attached hydrogens (primary N) is 2. The largest absolute Gasteiger partial charge is 0.484 e. The first-order chi connectivity index (χ1) is 9.40. The number of rotatable bonds is 5. The molecule has 5 N–H and O–H groups in total. The molecule has 7 nitrogen and oxygen atoms in total. The van der Waals surface area contributed by atoms with Crippen LogP contribution in [0.3, 0.4) is 0 Å². The fourth-order valence-corrected chi connectivity index (χ4v) is 1.28. The summed E-state index contributed by atoms with van der Waals surface area (Å²) in [4.78, 5) is 12.9. The van der Waals surface area contributed by atoms with Crippen LogP contribution in [0.25, 0.3) is 0 Å². The van der Waals surface area contributed by atoms with Crippen LogP contribution in [0.5, 0.6) is 5.75 Å². The second-order valence-corrected chi connectivity index (χ2v) is 4.37. The van der Waals surface area contributed by atoms with E-state index < -0.39 is 0 Å². The Bertz CT molecular complexity index is 516. The highest BCUT2D eigenvalue weighted by Gasteiger charge is 2.05. The average molecular weight is 278 g/mol. The Morgan fingerprint density at radius 2 is 1.90 bits per heavy atom. The highest BCUT2D eigenvalue weighted by atomic mass is 16.5. The minimum atomic E-state index is -0.0926. The van der Waals surface area contributed by atoms with Gasteiger partial charge in [0.05, 0.1) is 5.71 Å². The van der Waals surface area contributed by atoms with E-state index >= 15 is 0 Å². The van der Waals surface area contributed by atoms with Gasteiger partial charge in [-0.3, -0.25) is 16.3 Å². The van der Waals surface area contributed by atoms with Crippen LogP contribution < -0.4 is 21.3 Å². The lowest BCUT2D eigenvalue weighted by Gasteiger charge is -2.11. The molecule has 0 fully saturated rings. The molecule has 108 valence electrons. The summed E-state index contributed by atoms with van der Waals surface area (Å²) in [6.45, 7) is 1.83. The van der Waals surface area contributed by atoms with Gasteiger partial charge in [-0.25, -0.2) is 0 Å². The summed E-state index contributed by atoms with van der Waals surface area (Å²) in [6, 6.07) is 7.21. The molecule has 0 saturated carbocycles. The van der Waals surface area contributed by atoms with E-state index in [9.17, 15) is 4.79 Å². The van der Waals surface area contributed by atoms with Crippen LogP contribution in [0.1, 0.15) is 12.5 Å². The van der Waals surface area contributed by atoms with Crippen molar-refractivity contribution in [2.75, 3.05) is 20.7 Å². The summed E-state index contributed by atoms with van der Waals surface area (Å²) in [7, 11) is 3.36. The molecular formula is C13H20N5O2+. The predicted molar refractivity (Wildman–Crippen MR) is 77.2 cm³/mol. The molecule has 1 amide bonds. The third kappa shape index (κ3) is 4.97. The number of guanidine groups is 1. The molecule has 20 heavy (non-hydrogen) atoms. The topological polar surface area (TPSA) is 108 Å². The smallest absolute Gasteiger partial charge is 0.362 e. The van der Waals surface area contributed by atoms with Gasteiger partial charge < -0.3 is 9.64 Å². The molecule has 0 spiro atoms. The summed E-state index contributed by atoms with van der Waals surface area (Å²) in [5.74, 6) is 0.561. The molecule has 0 radical (unpaired) electrons. The molecule has 0 aliphatic heterocycles. The number of likely N-dealkylation sites (N-methyl/N-ethyl adjacent to an activating group) is 1. The normalized spacial score (nSPS) is 10.8. The van der Waals surface area contributed by atoms with E-state index in [1.54, 1.807) is 26.2 Å². The van der Waals surface area contributed by atoms with Gasteiger partial charge in [0.1, 0.15) is 5.75 Å². The van der Waals surface area contributed by atoms with Gasteiger partial charge >= 0.3 is 5.96 Å². The van der Waals surface area contributed by atoms with E-state index in [-0.39, 0.29) is 18.5 Å². The maximum Gasteiger partial charge on any atom is 0.362 e. The van der Waals surface area contributed by atoms with Gasteiger partial charge in [-0.1, -0.05) is 0 Å². The number of ether oxygens (including phenoxy) is 1. The Balaban J connectivity index is 2.67. The van der Waals surface area contributed by atoms with Crippen molar-refractivity contribution < 1.29 is 14.6 Å². The lowest BCUT2D eigenvalue weighted by atomic mass is 10.1. The van der Waals surface area contributed by atoms with Crippen LogP contribution in [0, 0.1) is 0 Å². The molecule has 0 saturated heterocycles. The lowest BCUT2D eigenvalue weighted by molar-refractivity contribution is -0.464. The van der Waals surface area contributed by atoms with Crippen LogP contribution in [0.2, 0.25) is 0 Å². The summed E-state index contributed by atoms with van der Waals surface area (Å²) in [5.41, 5.74) is 12.1. The van der Waals surface area contributed by atoms with Crippen molar-refractivity contribution in [3.63, 3.8) is 0 Å². The molecule has 1 rings (SSSR count). The van der Waals surface area contributed by atoms with Gasteiger partial charge in [0.15, 0.2) is 6.61 Å². The van der Waals surface area contributed by atoms with Gasteiger partial charge in [0.25, 0.3) is 5.91 Å². The van der Waals surface area contributed by atoms with Crippen LogP contribution in [-0.4, -0.2) is 43.2 Å². The van der Waals surface area contributed by atoms with Crippen molar-refractivity contribution in [2.24, 2.45) is 16.6 Å². The van der Waals surface area contributed by atoms with Crippen molar-refractivity contribution in [1.82, 2.24) is 4.90 Å². The molecule has 0 aromatic heterocycles. The highest BCUT2D eigenvalue weighted by molar-refractivity contribution is 5.98. The number of hydrogen-bond acceptors (Lipinski definition) is 3.